The van der Waals surface area contributed by atoms with E-state index in [0.29, 0.717) is 65.2 Å². The Kier molecular flexibility index (Phi) is 7.23. The highest BCUT2D eigenvalue weighted by atomic mass is 32.2. The Bertz CT molecular complexity index is 980. The lowest BCUT2D eigenvalue weighted by Gasteiger charge is -2.42. The lowest BCUT2D eigenvalue weighted by Crippen LogP contribution is -2.56. The van der Waals surface area contributed by atoms with Crippen LogP contribution >= 0.6 is 0 Å². The summed E-state index contributed by atoms with van der Waals surface area (Å²) in [6.07, 6.45) is 2.52. The number of rotatable bonds is 5. The van der Waals surface area contributed by atoms with Crippen LogP contribution in [0.3, 0.4) is 0 Å². The van der Waals surface area contributed by atoms with Crippen molar-refractivity contribution in [2.45, 2.75) is 31.5 Å². The van der Waals surface area contributed by atoms with Gasteiger partial charge in [0.25, 0.3) is 10.2 Å². The van der Waals surface area contributed by atoms with Crippen molar-refractivity contribution in [1.29, 1.82) is 0 Å². The van der Waals surface area contributed by atoms with Crippen molar-refractivity contribution in [2.75, 3.05) is 77.6 Å². The highest BCUT2D eigenvalue weighted by Gasteiger charge is 2.45. The monoisotopic (exact) mass is 508 g/mol. The van der Waals surface area contributed by atoms with Gasteiger partial charge in [0.15, 0.2) is 5.79 Å². The third-order valence-electron chi connectivity index (χ3n) is 7.71. The summed E-state index contributed by atoms with van der Waals surface area (Å²) in [4.78, 5) is 17.5. The zero-order valence-electron chi connectivity index (χ0n) is 20.4. The van der Waals surface area contributed by atoms with Crippen molar-refractivity contribution in [3.8, 4) is 5.75 Å². The Balaban J connectivity index is 1.15. The fourth-order valence-electron chi connectivity index (χ4n) is 5.60. The third-order valence-corrected chi connectivity index (χ3v) is 9.71. The zero-order valence-corrected chi connectivity index (χ0v) is 21.2. The maximum absolute atomic E-state index is 13.4. The number of piperazine rings is 1. The van der Waals surface area contributed by atoms with Gasteiger partial charge in [-0.2, -0.15) is 17.0 Å². The molecule has 4 fully saturated rings. The van der Waals surface area contributed by atoms with Gasteiger partial charge >= 0.3 is 0 Å². The van der Waals surface area contributed by atoms with E-state index in [1.165, 1.54) is 8.61 Å². The largest absolute Gasteiger partial charge is 0.497 e. The summed E-state index contributed by atoms with van der Waals surface area (Å²) in [6, 6.07) is 7.96. The van der Waals surface area contributed by atoms with Crippen LogP contribution in [0.2, 0.25) is 0 Å². The van der Waals surface area contributed by atoms with E-state index < -0.39 is 16.0 Å². The number of amides is 1. The minimum atomic E-state index is -3.61. The summed E-state index contributed by atoms with van der Waals surface area (Å²) < 4.78 is 46.5. The van der Waals surface area contributed by atoms with Crippen molar-refractivity contribution in [3.63, 3.8) is 0 Å². The van der Waals surface area contributed by atoms with Gasteiger partial charge in [0, 0.05) is 70.9 Å². The maximum Gasteiger partial charge on any atom is 0.282 e. The Morgan fingerprint density at radius 3 is 2.23 bits per heavy atom. The van der Waals surface area contributed by atoms with Gasteiger partial charge in [-0.1, -0.05) is 0 Å². The SMILES string of the molecule is COc1ccc(N2CCN(C(=O)C3CCCN(S(=O)(=O)N4CCC5(CC4)OCCO5)C3)CC2)cc1. The van der Waals surface area contributed by atoms with Gasteiger partial charge in [-0.3, -0.25) is 4.79 Å². The molecule has 1 spiro atoms. The summed E-state index contributed by atoms with van der Waals surface area (Å²) in [5.74, 6) is -0.00244. The predicted molar refractivity (Wildman–Crippen MR) is 130 cm³/mol. The fraction of sp³-hybridized carbons (Fsp3) is 0.708. The molecule has 4 aliphatic rings. The molecule has 194 valence electrons. The summed E-state index contributed by atoms with van der Waals surface area (Å²) in [5.41, 5.74) is 1.12. The maximum atomic E-state index is 13.4. The molecule has 4 heterocycles. The van der Waals surface area contributed by atoms with E-state index in [9.17, 15) is 13.2 Å². The predicted octanol–water partition coefficient (Wildman–Crippen LogP) is 1.14. The highest BCUT2D eigenvalue weighted by Crippen LogP contribution is 2.33. The number of hydrogen-bond donors (Lipinski definition) is 0. The molecule has 1 atom stereocenters. The molecule has 5 rings (SSSR count). The molecule has 1 aromatic carbocycles. The molecule has 1 aromatic rings. The van der Waals surface area contributed by atoms with Gasteiger partial charge < -0.3 is 24.0 Å². The van der Waals surface area contributed by atoms with Gasteiger partial charge in [-0.15, -0.1) is 0 Å². The molecule has 4 saturated heterocycles. The molecule has 10 nitrogen and oxygen atoms in total. The summed E-state index contributed by atoms with van der Waals surface area (Å²) >= 11 is 0. The molecule has 35 heavy (non-hydrogen) atoms. The number of benzene rings is 1. The van der Waals surface area contributed by atoms with Gasteiger partial charge in [0.1, 0.15) is 5.75 Å². The number of piperidine rings is 2. The van der Waals surface area contributed by atoms with Crippen LogP contribution in [0.4, 0.5) is 5.69 Å². The molecule has 4 aliphatic heterocycles. The average Bonchev–Trinajstić information content (AvgIpc) is 3.36. The second-order valence-electron chi connectivity index (χ2n) is 9.72. The molecule has 0 bridgehead atoms. The van der Waals surface area contributed by atoms with Crippen LogP contribution in [0.15, 0.2) is 24.3 Å². The van der Waals surface area contributed by atoms with Crippen LogP contribution in [0, 0.1) is 5.92 Å². The first-order chi connectivity index (χ1) is 16.9. The van der Waals surface area contributed by atoms with Crippen LogP contribution in [-0.2, 0) is 24.5 Å². The number of hydrogen-bond acceptors (Lipinski definition) is 7. The lowest BCUT2D eigenvalue weighted by molar-refractivity contribution is -0.179. The van der Waals surface area contributed by atoms with E-state index in [1.54, 1.807) is 7.11 Å². The summed E-state index contributed by atoms with van der Waals surface area (Å²) in [7, 11) is -1.96. The fourth-order valence-corrected chi connectivity index (χ4v) is 7.30. The topological polar surface area (TPSA) is 91.9 Å². The van der Waals surface area contributed by atoms with E-state index in [1.807, 2.05) is 29.2 Å². The zero-order chi connectivity index (χ0) is 24.5. The van der Waals surface area contributed by atoms with E-state index in [4.69, 9.17) is 14.2 Å². The first-order valence-electron chi connectivity index (χ1n) is 12.6. The highest BCUT2D eigenvalue weighted by molar-refractivity contribution is 7.86. The minimum Gasteiger partial charge on any atom is -0.497 e. The molecule has 0 N–H and O–H groups in total. The van der Waals surface area contributed by atoms with Gasteiger partial charge in [0.05, 0.1) is 26.2 Å². The van der Waals surface area contributed by atoms with Gasteiger partial charge in [0.2, 0.25) is 5.91 Å². The van der Waals surface area contributed by atoms with Crippen LogP contribution in [0.1, 0.15) is 25.7 Å². The standard InChI is InChI=1S/C24H36N4O6S/c1-32-22-6-4-21(5-7-22)25-13-15-26(16-14-25)23(29)20-3-2-10-28(19-20)35(30,31)27-11-8-24(9-12-27)33-17-18-34-24/h4-7,20H,2-3,8-19H2,1H3. The molecule has 1 amide bonds. The van der Waals surface area contributed by atoms with E-state index in [0.717, 1.165) is 30.9 Å². The number of carbonyl (C=O) groups is 1. The van der Waals surface area contributed by atoms with Crippen LogP contribution in [-0.4, -0.2) is 106 Å². The van der Waals surface area contributed by atoms with Crippen LogP contribution in [0.25, 0.3) is 0 Å². The molecular formula is C24H36N4O6S. The lowest BCUT2D eigenvalue weighted by atomic mass is 9.97. The molecule has 11 heteroatoms. The molecule has 0 aromatic heterocycles. The number of ether oxygens (including phenoxy) is 3. The summed E-state index contributed by atoms with van der Waals surface area (Å²) in [6.45, 7) is 5.41. The minimum absolute atomic E-state index is 0.0737. The van der Waals surface area contributed by atoms with Crippen LogP contribution in [0.5, 0.6) is 5.75 Å². The second kappa shape index (κ2) is 10.2. The van der Waals surface area contributed by atoms with Crippen molar-refractivity contribution in [3.05, 3.63) is 24.3 Å². The first kappa shape index (κ1) is 24.8. The van der Waals surface area contributed by atoms with Gasteiger partial charge in [-0.05, 0) is 37.1 Å². The first-order valence-corrected chi connectivity index (χ1v) is 14.0. The molecule has 1 unspecified atom stereocenters. The van der Waals surface area contributed by atoms with Crippen LogP contribution < -0.4 is 9.64 Å². The van der Waals surface area contributed by atoms with Crippen molar-refractivity contribution >= 4 is 21.8 Å². The smallest absolute Gasteiger partial charge is 0.282 e. The normalized spacial score (nSPS) is 26.3. The van der Waals surface area contributed by atoms with E-state index in [2.05, 4.69) is 4.90 Å². The van der Waals surface area contributed by atoms with E-state index in [-0.39, 0.29) is 18.4 Å². The number of nitrogens with zero attached hydrogens (tertiary/aromatic N) is 4. The van der Waals surface area contributed by atoms with Crippen molar-refractivity contribution in [2.24, 2.45) is 5.92 Å². The number of methoxy groups -OCH3 is 1. The third kappa shape index (κ3) is 5.15. The molecule has 0 saturated carbocycles. The van der Waals surface area contributed by atoms with E-state index >= 15 is 0 Å². The Morgan fingerprint density at radius 1 is 0.943 bits per heavy atom. The quantitative estimate of drug-likeness (QED) is 0.589. The Labute approximate surface area is 207 Å². The average molecular weight is 509 g/mol. The second-order valence-corrected chi connectivity index (χ2v) is 11.7. The van der Waals surface area contributed by atoms with Crippen molar-refractivity contribution in [1.82, 2.24) is 13.5 Å². The Morgan fingerprint density at radius 2 is 1.60 bits per heavy atom. The summed E-state index contributed by atoms with van der Waals surface area (Å²) in [5, 5.41) is 0. The molecule has 0 aliphatic carbocycles. The number of anilines is 1. The van der Waals surface area contributed by atoms with Crippen molar-refractivity contribution < 1.29 is 27.4 Å². The Hall–Kier alpha value is -1.92. The molecular weight excluding hydrogens is 472 g/mol. The molecule has 0 radical (unpaired) electrons. The van der Waals surface area contributed by atoms with Gasteiger partial charge in [-0.25, -0.2) is 0 Å². The number of carbonyl (C=O) groups excluding carboxylic acids is 1.